The Balaban J connectivity index is 1.81. The molecule has 0 saturated heterocycles. The van der Waals surface area contributed by atoms with Gasteiger partial charge in [-0.25, -0.2) is 0 Å². The van der Waals surface area contributed by atoms with Gasteiger partial charge in [-0.2, -0.15) is 0 Å². The third-order valence-corrected chi connectivity index (χ3v) is 4.55. The fourth-order valence-electron chi connectivity index (χ4n) is 2.55. The Labute approximate surface area is 121 Å². The molecule has 0 saturated carbocycles. The van der Waals surface area contributed by atoms with Crippen molar-refractivity contribution in [2.24, 2.45) is 0 Å². The van der Waals surface area contributed by atoms with Gasteiger partial charge in [-0.15, -0.1) is 11.8 Å². The predicted molar refractivity (Wildman–Crippen MR) is 77.5 cm³/mol. The summed E-state index contributed by atoms with van der Waals surface area (Å²) >= 11 is 1.79. The summed E-state index contributed by atoms with van der Waals surface area (Å²) in [6.07, 6.45) is 5.72. The number of pyridine rings is 2. The summed E-state index contributed by atoms with van der Waals surface area (Å²) in [5.74, 6) is 2.79. The van der Waals surface area contributed by atoms with Crippen molar-refractivity contribution in [3.05, 3.63) is 30.1 Å². The van der Waals surface area contributed by atoms with Gasteiger partial charge in [-0.3, -0.25) is 9.97 Å². The van der Waals surface area contributed by atoms with E-state index in [1.54, 1.807) is 18.0 Å². The minimum atomic E-state index is 0.757. The van der Waals surface area contributed by atoms with Crippen LogP contribution in [0.2, 0.25) is 0 Å². The van der Waals surface area contributed by atoms with E-state index in [4.69, 9.17) is 9.47 Å². The molecule has 2 aliphatic rings. The smallest absolute Gasteiger partial charge is 0.140 e. The van der Waals surface area contributed by atoms with Crippen LogP contribution in [0.15, 0.2) is 29.4 Å². The van der Waals surface area contributed by atoms with Crippen LogP contribution in [0.4, 0.5) is 0 Å². The van der Waals surface area contributed by atoms with Crippen molar-refractivity contribution in [1.29, 1.82) is 0 Å². The largest absolute Gasteiger partial charge is 0.492 e. The van der Waals surface area contributed by atoms with Crippen molar-refractivity contribution in [3.8, 4) is 22.9 Å². The second-order valence-corrected chi connectivity index (χ2v) is 5.92. The molecule has 4 nitrogen and oxygen atoms in total. The monoisotopic (exact) mass is 286 g/mol. The van der Waals surface area contributed by atoms with E-state index >= 15 is 0 Å². The van der Waals surface area contributed by atoms with Crippen LogP contribution in [-0.4, -0.2) is 28.9 Å². The van der Waals surface area contributed by atoms with E-state index in [0.29, 0.717) is 0 Å². The lowest BCUT2D eigenvalue weighted by atomic mass is 10.1. The molecule has 2 aromatic rings. The molecule has 4 heterocycles. The maximum Gasteiger partial charge on any atom is 0.140 e. The van der Waals surface area contributed by atoms with Gasteiger partial charge in [0.25, 0.3) is 0 Å². The summed E-state index contributed by atoms with van der Waals surface area (Å²) in [7, 11) is 0. The van der Waals surface area contributed by atoms with Crippen LogP contribution < -0.4 is 9.47 Å². The Morgan fingerprint density at radius 1 is 1.10 bits per heavy atom. The van der Waals surface area contributed by atoms with Crippen LogP contribution in [0.1, 0.15) is 12.0 Å². The molecule has 0 amide bonds. The van der Waals surface area contributed by atoms with E-state index in [1.165, 1.54) is 5.56 Å². The van der Waals surface area contributed by atoms with Gasteiger partial charge in [-0.1, -0.05) is 0 Å². The molecule has 0 atom stereocenters. The van der Waals surface area contributed by atoms with Crippen molar-refractivity contribution in [2.45, 2.75) is 17.7 Å². The molecule has 0 fully saturated rings. The lowest BCUT2D eigenvalue weighted by Gasteiger charge is -2.20. The molecular weight excluding hydrogens is 272 g/mol. The van der Waals surface area contributed by atoms with Gasteiger partial charge in [0.15, 0.2) is 0 Å². The van der Waals surface area contributed by atoms with Crippen LogP contribution in [0.25, 0.3) is 11.4 Å². The molecule has 0 radical (unpaired) electrons. The number of aryl methyl sites for hydroxylation is 1. The first-order valence-corrected chi connectivity index (χ1v) is 7.77. The molecule has 4 rings (SSSR count). The molecule has 0 spiro atoms. The van der Waals surface area contributed by atoms with Crippen molar-refractivity contribution in [3.63, 3.8) is 0 Å². The van der Waals surface area contributed by atoms with Gasteiger partial charge in [0, 0.05) is 11.9 Å². The number of rotatable bonds is 1. The van der Waals surface area contributed by atoms with E-state index < -0.39 is 0 Å². The van der Waals surface area contributed by atoms with E-state index in [-0.39, 0.29) is 0 Å². The molecule has 5 heteroatoms. The van der Waals surface area contributed by atoms with Crippen LogP contribution in [0.5, 0.6) is 11.5 Å². The Hall–Kier alpha value is -1.75. The first-order valence-electron chi connectivity index (χ1n) is 6.78. The zero-order valence-corrected chi connectivity index (χ0v) is 11.8. The van der Waals surface area contributed by atoms with Gasteiger partial charge in [-0.05, 0) is 30.5 Å². The second kappa shape index (κ2) is 4.98. The van der Waals surface area contributed by atoms with Crippen molar-refractivity contribution < 1.29 is 9.47 Å². The number of nitrogens with zero attached hydrogens (tertiary/aromatic N) is 2. The standard InChI is InChI=1S/C15H14N2O2S/c1-2-10-8-11(17-9-13(10)18-5-1)14-15-12(3-4-16-14)19-6-7-20-15/h3-4,8-9H,1-2,5-7H2. The van der Waals surface area contributed by atoms with E-state index in [0.717, 1.165) is 59.6 Å². The van der Waals surface area contributed by atoms with Crippen LogP contribution in [0.3, 0.4) is 0 Å². The van der Waals surface area contributed by atoms with Crippen molar-refractivity contribution >= 4 is 11.8 Å². The first-order chi connectivity index (χ1) is 9.92. The first kappa shape index (κ1) is 12.0. The highest BCUT2D eigenvalue weighted by atomic mass is 32.2. The summed E-state index contributed by atoms with van der Waals surface area (Å²) in [6, 6.07) is 4.03. The van der Waals surface area contributed by atoms with Crippen LogP contribution in [-0.2, 0) is 6.42 Å². The lowest BCUT2D eigenvalue weighted by Crippen LogP contribution is -2.10. The summed E-state index contributed by atoms with van der Waals surface area (Å²) in [5.41, 5.74) is 3.05. The van der Waals surface area contributed by atoms with Gasteiger partial charge in [0.2, 0.25) is 0 Å². The minimum absolute atomic E-state index is 0.757. The average molecular weight is 286 g/mol. The molecular formula is C15H14N2O2S. The molecule has 2 aromatic heterocycles. The third-order valence-electron chi connectivity index (χ3n) is 3.49. The quantitative estimate of drug-likeness (QED) is 0.806. The minimum Gasteiger partial charge on any atom is -0.492 e. The van der Waals surface area contributed by atoms with Crippen molar-refractivity contribution in [2.75, 3.05) is 19.0 Å². The number of thioether (sulfide) groups is 1. The van der Waals surface area contributed by atoms with E-state index in [9.17, 15) is 0 Å². The van der Waals surface area contributed by atoms with Crippen LogP contribution in [0, 0.1) is 0 Å². The maximum atomic E-state index is 5.68. The highest BCUT2D eigenvalue weighted by molar-refractivity contribution is 7.99. The topological polar surface area (TPSA) is 44.2 Å². The predicted octanol–water partition coefficient (Wildman–Crippen LogP) is 2.95. The van der Waals surface area contributed by atoms with E-state index in [2.05, 4.69) is 16.0 Å². The number of aromatic nitrogens is 2. The fraction of sp³-hybridized carbons (Fsp3) is 0.333. The summed E-state index contributed by atoms with van der Waals surface area (Å²) < 4.78 is 11.3. The Morgan fingerprint density at radius 3 is 3.05 bits per heavy atom. The zero-order chi connectivity index (χ0) is 13.4. The highest BCUT2D eigenvalue weighted by Crippen LogP contribution is 2.39. The highest BCUT2D eigenvalue weighted by Gasteiger charge is 2.19. The SMILES string of the molecule is c1cc2c(c(-c3cc4c(cn3)OCCC4)n1)SCCO2. The maximum absolute atomic E-state index is 5.68. The number of ether oxygens (including phenoxy) is 2. The van der Waals surface area contributed by atoms with Crippen molar-refractivity contribution in [1.82, 2.24) is 9.97 Å². The molecule has 0 aliphatic carbocycles. The molecule has 0 aromatic carbocycles. The third kappa shape index (κ3) is 2.02. The Morgan fingerprint density at radius 2 is 2.05 bits per heavy atom. The van der Waals surface area contributed by atoms with Gasteiger partial charge in [0.1, 0.15) is 17.2 Å². The van der Waals surface area contributed by atoms with Gasteiger partial charge in [0.05, 0.1) is 30.0 Å². The molecule has 0 unspecified atom stereocenters. The number of hydrogen-bond acceptors (Lipinski definition) is 5. The van der Waals surface area contributed by atoms with E-state index in [1.807, 2.05) is 12.3 Å². The Kier molecular flexibility index (Phi) is 2.99. The molecule has 20 heavy (non-hydrogen) atoms. The normalized spacial score (nSPS) is 16.6. The zero-order valence-electron chi connectivity index (χ0n) is 11.0. The summed E-state index contributed by atoms with van der Waals surface area (Å²) in [5, 5.41) is 0. The molecule has 0 bridgehead atoms. The van der Waals surface area contributed by atoms with Gasteiger partial charge < -0.3 is 9.47 Å². The second-order valence-electron chi connectivity index (χ2n) is 4.81. The number of fused-ring (bicyclic) bond motifs is 2. The molecule has 0 N–H and O–H groups in total. The number of hydrogen-bond donors (Lipinski definition) is 0. The summed E-state index contributed by atoms with van der Waals surface area (Å²) in [4.78, 5) is 10.1. The lowest BCUT2D eigenvalue weighted by molar-refractivity contribution is 0.287. The molecule has 102 valence electrons. The van der Waals surface area contributed by atoms with Gasteiger partial charge >= 0.3 is 0 Å². The fourth-order valence-corrected chi connectivity index (χ4v) is 3.48. The van der Waals surface area contributed by atoms with Crippen LogP contribution >= 0.6 is 11.8 Å². The Bertz CT molecular complexity index is 660. The summed E-state index contributed by atoms with van der Waals surface area (Å²) in [6.45, 7) is 1.54. The molecule has 2 aliphatic heterocycles. The average Bonchev–Trinajstić information content (AvgIpc) is 2.54.